The van der Waals surface area contributed by atoms with Crippen molar-refractivity contribution in [3.63, 3.8) is 0 Å². The molecule has 10 heteroatoms. The van der Waals surface area contributed by atoms with Crippen molar-refractivity contribution in [1.29, 1.82) is 0 Å². The molecule has 32 heavy (non-hydrogen) atoms. The van der Waals surface area contributed by atoms with E-state index in [0.29, 0.717) is 23.6 Å². The lowest BCUT2D eigenvalue weighted by molar-refractivity contribution is -0.112. The van der Waals surface area contributed by atoms with Crippen LogP contribution in [0.4, 0.5) is 10.2 Å². The molecule has 1 aliphatic heterocycles. The van der Waals surface area contributed by atoms with Gasteiger partial charge in [-0.25, -0.2) is 24.3 Å². The number of nitrogens with zero attached hydrogens (tertiary/aromatic N) is 6. The fraction of sp³-hybridized carbons (Fsp3) is 0.227. The lowest BCUT2D eigenvalue weighted by atomic mass is 10.1. The van der Waals surface area contributed by atoms with Crippen LogP contribution in [-0.4, -0.2) is 51.1 Å². The molecule has 0 N–H and O–H groups in total. The average Bonchev–Trinajstić information content (AvgIpc) is 2.90. The number of aromatic nitrogens is 4. The van der Waals surface area contributed by atoms with Crippen LogP contribution >= 0.6 is 0 Å². The van der Waals surface area contributed by atoms with Gasteiger partial charge in [-0.1, -0.05) is 6.92 Å². The molecule has 0 saturated carbocycles. The Morgan fingerprint density at radius 1 is 1.25 bits per heavy atom. The summed E-state index contributed by atoms with van der Waals surface area (Å²) in [5.41, 5.74) is 1.58. The number of amides is 2. The minimum absolute atomic E-state index is 0.0129. The van der Waals surface area contributed by atoms with Crippen LogP contribution in [-0.2, 0) is 11.2 Å². The molecule has 0 atom stereocenters. The fourth-order valence-corrected chi connectivity index (χ4v) is 3.18. The number of anilines is 1. The second-order valence-electron chi connectivity index (χ2n) is 7.11. The minimum Gasteiger partial charge on any atom is -0.483 e. The van der Waals surface area contributed by atoms with Gasteiger partial charge in [-0.2, -0.15) is 0 Å². The van der Waals surface area contributed by atoms with Crippen LogP contribution in [0.2, 0.25) is 0 Å². The van der Waals surface area contributed by atoms with E-state index in [2.05, 4.69) is 24.9 Å². The Kier molecular flexibility index (Phi) is 5.67. The summed E-state index contributed by atoms with van der Waals surface area (Å²) < 4.78 is 19.9. The number of carbonyl (C=O) groups excluding carboxylic acids is 2. The zero-order valence-electron chi connectivity index (χ0n) is 17.7. The Hall–Kier alpha value is -4.08. The quantitative estimate of drug-likeness (QED) is 0.623. The van der Waals surface area contributed by atoms with Gasteiger partial charge in [-0.15, -0.1) is 0 Å². The Morgan fingerprint density at radius 3 is 2.81 bits per heavy atom. The van der Waals surface area contributed by atoms with E-state index in [1.807, 2.05) is 13.8 Å². The molecule has 0 bridgehead atoms. The molecule has 162 valence electrons. The predicted molar refractivity (Wildman–Crippen MR) is 114 cm³/mol. The van der Waals surface area contributed by atoms with Crippen LogP contribution in [0.15, 0.2) is 41.8 Å². The van der Waals surface area contributed by atoms with Gasteiger partial charge in [0, 0.05) is 25.6 Å². The van der Waals surface area contributed by atoms with E-state index in [9.17, 15) is 14.0 Å². The molecule has 0 fully saturated rings. The highest BCUT2D eigenvalue weighted by molar-refractivity contribution is 6.46. The van der Waals surface area contributed by atoms with Crippen molar-refractivity contribution in [2.45, 2.75) is 20.3 Å². The molecule has 9 nitrogen and oxygen atoms in total. The van der Waals surface area contributed by atoms with E-state index >= 15 is 0 Å². The number of pyridine rings is 2. The van der Waals surface area contributed by atoms with Crippen LogP contribution in [0.5, 0.6) is 5.75 Å². The van der Waals surface area contributed by atoms with E-state index in [4.69, 9.17) is 4.74 Å². The lowest BCUT2D eigenvalue weighted by Crippen LogP contribution is -2.35. The summed E-state index contributed by atoms with van der Waals surface area (Å²) >= 11 is 0. The van der Waals surface area contributed by atoms with Crippen molar-refractivity contribution in [3.8, 4) is 17.1 Å². The summed E-state index contributed by atoms with van der Waals surface area (Å²) in [5.74, 6) is -1.49. The van der Waals surface area contributed by atoms with Gasteiger partial charge in [0.05, 0.1) is 5.69 Å². The summed E-state index contributed by atoms with van der Waals surface area (Å²) in [7, 11) is 1.52. The van der Waals surface area contributed by atoms with Gasteiger partial charge in [0.25, 0.3) is 5.91 Å². The maximum absolute atomic E-state index is 14.3. The Balaban J connectivity index is 1.69. The standard InChI is InChI=1S/C22H19FN6O3/c1-4-13-10-25-19(28-17(13)18-14(23)6-5-7-24-18)21(30)27-15-11-32-16-8-12(2)9-26-20(16)29(3)22(15)31/h5-10H,4,11H2,1-3H3. The maximum atomic E-state index is 14.3. The van der Waals surface area contributed by atoms with Crippen LogP contribution in [0, 0.1) is 12.7 Å². The fourth-order valence-electron chi connectivity index (χ4n) is 3.18. The smallest absolute Gasteiger partial charge is 0.315 e. The van der Waals surface area contributed by atoms with E-state index < -0.39 is 17.6 Å². The summed E-state index contributed by atoms with van der Waals surface area (Å²) in [4.78, 5) is 47.3. The first-order valence-corrected chi connectivity index (χ1v) is 9.85. The molecule has 3 aromatic rings. The van der Waals surface area contributed by atoms with E-state index in [1.54, 1.807) is 12.3 Å². The number of hydrogen-bond acceptors (Lipinski definition) is 7. The van der Waals surface area contributed by atoms with Gasteiger partial charge in [0.1, 0.15) is 18.0 Å². The summed E-state index contributed by atoms with van der Waals surface area (Å²) in [6.45, 7) is 3.48. The first kappa shape index (κ1) is 21.2. The van der Waals surface area contributed by atoms with Gasteiger partial charge >= 0.3 is 5.91 Å². The van der Waals surface area contributed by atoms with Gasteiger partial charge in [-0.05, 0) is 42.7 Å². The molecule has 3 aromatic heterocycles. The van der Waals surface area contributed by atoms with Crippen LogP contribution in [0.3, 0.4) is 0 Å². The van der Waals surface area contributed by atoms with Crippen LogP contribution in [0.25, 0.3) is 11.4 Å². The topological polar surface area (TPSA) is 111 Å². The van der Waals surface area contributed by atoms with E-state index in [1.165, 1.54) is 36.5 Å². The van der Waals surface area contributed by atoms with E-state index in [0.717, 1.165) is 5.56 Å². The van der Waals surface area contributed by atoms with Crippen molar-refractivity contribution in [2.24, 2.45) is 4.99 Å². The van der Waals surface area contributed by atoms with Crippen molar-refractivity contribution in [2.75, 3.05) is 18.6 Å². The normalized spacial score (nSPS) is 14.7. The number of aryl methyl sites for hydroxylation is 2. The SMILES string of the molecule is CCc1cnc(C(=O)N=C2COc3cc(C)cnc3N(C)C2=O)nc1-c1ncccc1F. The van der Waals surface area contributed by atoms with E-state index in [-0.39, 0.29) is 29.5 Å². The minimum atomic E-state index is -0.847. The van der Waals surface area contributed by atoms with Crippen molar-refractivity contribution < 1.29 is 18.7 Å². The molecule has 2 amide bonds. The number of hydrogen-bond donors (Lipinski definition) is 0. The summed E-state index contributed by atoms with van der Waals surface area (Å²) in [6.07, 6.45) is 4.99. The largest absolute Gasteiger partial charge is 0.483 e. The van der Waals surface area contributed by atoms with Crippen LogP contribution in [0.1, 0.15) is 28.7 Å². The molecule has 0 spiro atoms. The van der Waals surface area contributed by atoms with Crippen molar-refractivity contribution in [1.82, 2.24) is 19.9 Å². The molecule has 4 rings (SSSR count). The molecule has 0 aliphatic carbocycles. The zero-order valence-corrected chi connectivity index (χ0v) is 17.7. The highest BCUT2D eigenvalue weighted by atomic mass is 19.1. The first-order valence-electron chi connectivity index (χ1n) is 9.85. The van der Waals surface area contributed by atoms with Crippen molar-refractivity contribution in [3.05, 3.63) is 59.6 Å². The Labute approximate surface area is 183 Å². The number of carbonyl (C=O) groups is 2. The monoisotopic (exact) mass is 434 g/mol. The third-order valence-electron chi connectivity index (χ3n) is 4.86. The molecule has 4 heterocycles. The van der Waals surface area contributed by atoms with Gasteiger partial charge in [0.15, 0.2) is 17.4 Å². The van der Waals surface area contributed by atoms with Gasteiger partial charge in [0.2, 0.25) is 5.82 Å². The molecular weight excluding hydrogens is 415 g/mol. The van der Waals surface area contributed by atoms with Crippen molar-refractivity contribution >= 4 is 23.3 Å². The highest BCUT2D eigenvalue weighted by Gasteiger charge is 2.28. The number of rotatable bonds is 3. The molecular formula is C22H19FN6O3. The Bertz CT molecular complexity index is 1260. The molecule has 0 aromatic carbocycles. The summed E-state index contributed by atoms with van der Waals surface area (Å²) in [5, 5.41) is 0. The second kappa shape index (κ2) is 8.58. The van der Waals surface area contributed by atoms with Gasteiger partial charge in [-0.3, -0.25) is 19.5 Å². The first-order chi connectivity index (χ1) is 15.4. The molecule has 0 radical (unpaired) electrons. The zero-order chi connectivity index (χ0) is 22.8. The molecule has 1 aliphatic rings. The third-order valence-corrected chi connectivity index (χ3v) is 4.86. The van der Waals surface area contributed by atoms with Gasteiger partial charge < -0.3 is 4.74 Å². The highest BCUT2D eigenvalue weighted by Crippen LogP contribution is 2.28. The number of ether oxygens (including phenoxy) is 1. The number of halogens is 1. The van der Waals surface area contributed by atoms with Crippen LogP contribution < -0.4 is 9.64 Å². The predicted octanol–water partition coefficient (Wildman–Crippen LogP) is 2.58. The molecule has 0 saturated heterocycles. The third kappa shape index (κ3) is 3.94. The maximum Gasteiger partial charge on any atom is 0.315 e. The molecule has 0 unspecified atom stereocenters. The lowest BCUT2D eigenvalue weighted by Gasteiger charge is -2.14. The number of aliphatic imine (C=N–C) groups is 1. The summed E-state index contributed by atoms with van der Waals surface area (Å²) in [6, 6.07) is 4.47. The second-order valence-corrected chi connectivity index (χ2v) is 7.11. The number of fused-ring (bicyclic) bond motifs is 1. The average molecular weight is 434 g/mol. The Morgan fingerprint density at radius 2 is 2.06 bits per heavy atom.